The van der Waals surface area contributed by atoms with E-state index in [1.807, 2.05) is 4.90 Å². The molecule has 2 saturated carbocycles. The molecule has 0 amide bonds. The molecule has 6 atom stereocenters. The molecule has 266 valence electrons. The van der Waals surface area contributed by atoms with Gasteiger partial charge in [-0.1, -0.05) is 31.9 Å². The molecule has 1 aromatic rings. The quantitative estimate of drug-likeness (QED) is 0.208. The van der Waals surface area contributed by atoms with Gasteiger partial charge in [0.1, 0.15) is 28.9 Å². The van der Waals surface area contributed by atoms with E-state index >= 15 is 0 Å². The Kier molecular flexibility index (Phi) is 10.3. The van der Waals surface area contributed by atoms with Crippen molar-refractivity contribution in [3.8, 4) is 5.75 Å². The number of likely N-dealkylation sites (N-methyl/N-ethyl adjacent to an activating group) is 1. The number of aliphatic hydroxyl groups is 3. The van der Waals surface area contributed by atoms with E-state index in [4.69, 9.17) is 9.47 Å². The van der Waals surface area contributed by atoms with Gasteiger partial charge in [0.05, 0.1) is 30.7 Å². The third-order valence-corrected chi connectivity index (χ3v) is 12.4. The Bertz CT molecular complexity index is 1580. The molecule has 4 aliphatic carbocycles. The maximum absolute atomic E-state index is 14.9. The highest BCUT2D eigenvalue weighted by atomic mass is 32.2. The molecular formula is C36H46N2O10S. The van der Waals surface area contributed by atoms with Gasteiger partial charge in [0.15, 0.2) is 17.2 Å². The minimum Gasteiger partial charge on any atom is -0.508 e. The van der Waals surface area contributed by atoms with Crippen molar-refractivity contribution < 1.29 is 49.1 Å². The van der Waals surface area contributed by atoms with Crippen LogP contribution in [0.1, 0.15) is 62.5 Å². The molecule has 0 bridgehead atoms. The molecule has 1 saturated heterocycles. The average molecular weight is 699 g/mol. The van der Waals surface area contributed by atoms with Gasteiger partial charge < -0.3 is 29.9 Å². The van der Waals surface area contributed by atoms with Crippen molar-refractivity contribution in [2.24, 2.45) is 11.8 Å². The van der Waals surface area contributed by atoms with E-state index in [0.29, 0.717) is 42.9 Å². The average Bonchev–Trinajstić information content (AvgIpc) is 3.60. The van der Waals surface area contributed by atoms with Gasteiger partial charge in [0.25, 0.3) is 0 Å². The van der Waals surface area contributed by atoms with Gasteiger partial charge in [-0.25, -0.2) is 0 Å². The van der Waals surface area contributed by atoms with Crippen LogP contribution < -0.4 is 0 Å². The lowest BCUT2D eigenvalue weighted by atomic mass is 9.54. The molecule has 1 aliphatic heterocycles. The summed E-state index contributed by atoms with van der Waals surface area (Å²) in [5.74, 6) is -7.94. The van der Waals surface area contributed by atoms with Gasteiger partial charge in [-0.3, -0.25) is 29.0 Å². The highest BCUT2D eigenvalue weighted by Gasteiger charge is 2.69. The summed E-state index contributed by atoms with van der Waals surface area (Å²) in [6.07, 6.45) is 2.66. The van der Waals surface area contributed by atoms with Crippen LogP contribution in [0.4, 0.5) is 0 Å². The molecule has 13 heteroatoms. The Morgan fingerprint density at radius 2 is 1.80 bits per heavy atom. The number of thioether (sulfide) groups is 1. The molecule has 0 radical (unpaired) electrons. The number of phenols is 1. The first-order chi connectivity index (χ1) is 23.4. The molecule has 12 nitrogen and oxygen atoms in total. The molecule has 0 spiro atoms. The van der Waals surface area contributed by atoms with E-state index < -0.39 is 75.9 Å². The van der Waals surface area contributed by atoms with Crippen LogP contribution in [0.3, 0.4) is 0 Å². The lowest BCUT2D eigenvalue weighted by Crippen LogP contribution is -2.71. The van der Waals surface area contributed by atoms with E-state index in [2.05, 4.69) is 0 Å². The Hall–Kier alpha value is -3.23. The van der Waals surface area contributed by atoms with Crippen LogP contribution in [0.2, 0.25) is 0 Å². The van der Waals surface area contributed by atoms with Crippen molar-refractivity contribution in [1.29, 1.82) is 0 Å². The highest BCUT2D eigenvalue weighted by Crippen LogP contribution is 2.58. The summed E-state index contributed by atoms with van der Waals surface area (Å²) in [6.45, 7) is 4.04. The van der Waals surface area contributed by atoms with Crippen molar-refractivity contribution in [3.63, 3.8) is 0 Å². The number of ketones is 3. The number of aliphatic hydroxyl groups excluding tert-OH is 2. The maximum atomic E-state index is 14.9. The van der Waals surface area contributed by atoms with Crippen LogP contribution in [-0.4, -0.2) is 129 Å². The van der Waals surface area contributed by atoms with Crippen molar-refractivity contribution in [1.82, 2.24) is 9.80 Å². The van der Waals surface area contributed by atoms with Crippen LogP contribution in [0.5, 0.6) is 5.75 Å². The fraction of sp³-hybridized carbons (Fsp3) is 0.611. The number of rotatable bonds is 10. The normalized spacial score (nSPS) is 30.8. The number of morpholine rings is 1. The molecule has 49 heavy (non-hydrogen) atoms. The number of carbonyl (C=O) groups excluding carboxylic acids is 4. The van der Waals surface area contributed by atoms with Gasteiger partial charge >= 0.3 is 5.97 Å². The summed E-state index contributed by atoms with van der Waals surface area (Å²) >= 11 is 1.71. The van der Waals surface area contributed by atoms with Crippen LogP contribution in [-0.2, 0) is 28.7 Å². The monoisotopic (exact) mass is 698 g/mol. The number of phenolic OH excluding ortho intramolecular Hbond substituents is 1. The Balaban J connectivity index is 1.52. The SMILES string of the molecule is CCC(=O)O[C@H]1[C@H]2C(=C(O)c3c(O)cccc3[C@@H]2CSC2CCCC2)C(=O)[C@]2(O)C(O)=C(C(=O)CCN3CCOCC3)C(=O)[C@@H](N(C)C)[C@H]12. The Morgan fingerprint density at radius 1 is 1.10 bits per heavy atom. The van der Waals surface area contributed by atoms with Crippen molar-refractivity contribution >= 4 is 40.8 Å². The number of fused-ring (bicyclic) bond motifs is 3. The van der Waals surface area contributed by atoms with E-state index in [1.54, 1.807) is 44.9 Å². The zero-order chi connectivity index (χ0) is 35.2. The molecular weight excluding hydrogens is 652 g/mol. The third kappa shape index (κ3) is 6.11. The number of esters is 1. The smallest absolute Gasteiger partial charge is 0.305 e. The van der Waals surface area contributed by atoms with Gasteiger partial charge in [-0.05, 0) is 38.6 Å². The summed E-state index contributed by atoms with van der Waals surface area (Å²) in [6, 6.07) is 3.44. The number of ether oxygens (including phenoxy) is 2. The van der Waals surface area contributed by atoms with E-state index in [0.717, 1.165) is 25.7 Å². The predicted octanol–water partition coefficient (Wildman–Crippen LogP) is 2.92. The molecule has 0 aromatic heterocycles. The summed E-state index contributed by atoms with van der Waals surface area (Å²) in [5, 5.41) is 47.6. The maximum Gasteiger partial charge on any atom is 0.305 e. The summed E-state index contributed by atoms with van der Waals surface area (Å²) < 4.78 is 11.5. The van der Waals surface area contributed by atoms with Gasteiger partial charge in [-0.2, -0.15) is 11.8 Å². The van der Waals surface area contributed by atoms with Crippen LogP contribution in [0, 0.1) is 11.8 Å². The number of nitrogens with zero attached hydrogens (tertiary/aromatic N) is 2. The lowest BCUT2D eigenvalue weighted by Gasteiger charge is -2.55. The zero-order valence-electron chi connectivity index (χ0n) is 28.2. The van der Waals surface area contributed by atoms with Crippen LogP contribution >= 0.6 is 11.8 Å². The van der Waals surface area contributed by atoms with Gasteiger partial charge in [0.2, 0.25) is 5.78 Å². The lowest BCUT2D eigenvalue weighted by molar-refractivity contribution is -0.185. The molecule has 3 fully saturated rings. The van der Waals surface area contributed by atoms with E-state index in [9.17, 15) is 39.6 Å². The minimum atomic E-state index is -2.91. The molecule has 0 unspecified atom stereocenters. The molecule has 1 aromatic carbocycles. The number of carbonyl (C=O) groups is 4. The Labute approximate surface area is 290 Å². The second-order valence-corrected chi connectivity index (χ2v) is 15.3. The summed E-state index contributed by atoms with van der Waals surface area (Å²) in [4.78, 5) is 59.6. The molecule has 6 rings (SSSR count). The molecule has 4 N–H and O–H groups in total. The number of hydrogen-bond acceptors (Lipinski definition) is 13. The first kappa shape index (κ1) is 35.6. The number of hydrogen-bond donors (Lipinski definition) is 4. The standard InChI is InChI=1S/C36H46N2O10S/c1-4-24(41)48-33-26-21(18-49-19-8-5-6-9-19)20-10-7-11-22(39)25(20)31(42)28(26)35(45)36(46)29(33)30(37(2)3)32(43)27(34(36)44)23(40)12-13-38-14-16-47-17-15-38/h7,10-11,19,21,26,29-30,33,39,42,44,46H,4-6,8-9,12-18H2,1-3H3/t21-,26+,29+,30-,33-,36+/m0/s1. The molecule has 5 aliphatic rings. The summed E-state index contributed by atoms with van der Waals surface area (Å²) in [7, 11) is 3.13. The van der Waals surface area contributed by atoms with Crippen molar-refractivity contribution in [2.45, 2.75) is 74.4 Å². The van der Waals surface area contributed by atoms with Crippen LogP contribution in [0.15, 0.2) is 35.1 Å². The largest absolute Gasteiger partial charge is 0.508 e. The first-order valence-corrected chi connectivity index (χ1v) is 18.3. The van der Waals surface area contributed by atoms with Gasteiger partial charge in [-0.15, -0.1) is 0 Å². The predicted molar refractivity (Wildman–Crippen MR) is 181 cm³/mol. The summed E-state index contributed by atoms with van der Waals surface area (Å²) in [5.41, 5.74) is -3.31. The zero-order valence-corrected chi connectivity index (χ0v) is 29.0. The van der Waals surface area contributed by atoms with Crippen molar-refractivity contribution in [3.05, 3.63) is 46.2 Å². The topological polar surface area (TPSA) is 174 Å². The second kappa shape index (κ2) is 14.2. The minimum absolute atomic E-state index is 0.0306. The fourth-order valence-electron chi connectivity index (χ4n) is 8.48. The Morgan fingerprint density at radius 3 is 2.45 bits per heavy atom. The van der Waals surface area contributed by atoms with Crippen LogP contribution in [0.25, 0.3) is 5.76 Å². The number of aromatic hydroxyl groups is 1. The van der Waals surface area contributed by atoms with E-state index in [-0.39, 0.29) is 36.3 Å². The third-order valence-electron chi connectivity index (χ3n) is 10.9. The second-order valence-electron chi connectivity index (χ2n) is 13.9. The number of benzene rings is 1. The first-order valence-electron chi connectivity index (χ1n) is 17.2. The van der Waals surface area contributed by atoms with E-state index in [1.165, 1.54) is 11.0 Å². The van der Waals surface area contributed by atoms with Gasteiger partial charge in [0, 0.05) is 60.9 Å². The highest BCUT2D eigenvalue weighted by molar-refractivity contribution is 7.99. The van der Waals surface area contributed by atoms with Crippen molar-refractivity contribution in [2.75, 3.05) is 52.7 Å². The number of Topliss-reactive ketones (excluding diaryl/α,β-unsaturated/α-hetero) is 3. The fourth-order valence-corrected chi connectivity index (χ4v) is 10.0. The molecule has 1 heterocycles.